The normalized spacial score (nSPS) is 17.8. The van der Waals surface area contributed by atoms with E-state index in [-0.39, 0.29) is 24.6 Å². The van der Waals surface area contributed by atoms with Crippen LogP contribution in [0.15, 0.2) is 30.3 Å². The molecular weight excluding hydrogens is 268 g/mol. The molecule has 114 valence electrons. The number of nitrogens with zero attached hydrogens (tertiary/aromatic N) is 2. The van der Waals surface area contributed by atoms with Crippen molar-refractivity contribution in [3.05, 3.63) is 35.9 Å². The Morgan fingerprint density at radius 3 is 2.52 bits per heavy atom. The fourth-order valence-electron chi connectivity index (χ4n) is 2.74. The molecule has 0 spiro atoms. The van der Waals surface area contributed by atoms with Crippen molar-refractivity contribution in [2.24, 2.45) is 0 Å². The van der Waals surface area contributed by atoms with Crippen LogP contribution in [0.1, 0.15) is 26.3 Å². The van der Waals surface area contributed by atoms with Crippen molar-refractivity contribution in [1.82, 2.24) is 9.80 Å². The van der Waals surface area contributed by atoms with Gasteiger partial charge in [-0.1, -0.05) is 30.3 Å². The first-order valence-corrected chi connectivity index (χ1v) is 7.20. The van der Waals surface area contributed by atoms with Gasteiger partial charge in [-0.15, -0.1) is 0 Å². The fourth-order valence-corrected chi connectivity index (χ4v) is 2.74. The number of rotatable bonds is 3. The topological polar surface area (TPSA) is 49.9 Å². The lowest BCUT2D eigenvalue weighted by Crippen LogP contribution is -2.62. The summed E-state index contributed by atoms with van der Waals surface area (Å²) in [6, 6.07) is 9.51. The van der Waals surface area contributed by atoms with E-state index in [1.54, 1.807) is 4.90 Å². The average molecular weight is 290 g/mol. The van der Waals surface area contributed by atoms with Crippen LogP contribution in [-0.4, -0.2) is 47.0 Å². The highest BCUT2D eigenvalue weighted by Crippen LogP contribution is 2.22. The Morgan fingerprint density at radius 2 is 1.95 bits per heavy atom. The number of piperazine rings is 1. The SMILES string of the molecule is CCN1C(=O)CN(C(=O)OCc2ccccc2)CC1(C)C. The zero-order valence-corrected chi connectivity index (χ0v) is 12.8. The predicted molar refractivity (Wildman–Crippen MR) is 79.7 cm³/mol. The molecule has 0 atom stereocenters. The van der Waals surface area contributed by atoms with Crippen LogP contribution in [0.4, 0.5) is 4.79 Å². The van der Waals surface area contributed by atoms with Crippen LogP contribution < -0.4 is 0 Å². The Balaban J connectivity index is 1.96. The monoisotopic (exact) mass is 290 g/mol. The molecule has 0 N–H and O–H groups in total. The Labute approximate surface area is 125 Å². The number of carbonyl (C=O) groups is 2. The van der Waals surface area contributed by atoms with E-state index in [0.717, 1.165) is 5.56 Å². The van der Waals surface area contributed by atoms with Crippen molar-refractivity contribution in [3.8, 4) is 0 Å². The van der Waals surface area contributed by atoms with E-state index in [1.807, 2.05) is 51.1 Å². The van der Waals surface area contributed by atoms with Crippen molar-refractivity contribution in [2.75, 3.05) is 19.6 Å². The molecule has 0 aromatic heterocycles. The maximum absolute atomic E-state index is 12.1. The number of likely N-dealkylation sites (N-methyl/N-ethyl adjacent to an activating group) is 1. The first kappa shape index (κ1) is 15.4. The van der Waals surface area contributed by atoms with Crippen molar-refractivity contribution in [1.29, 1.82) is 0 Å². The van der Waals surface area contributed by atoms with E-state index < -0.39 is 6.09 Å². The summed E-state index contributed by atoms with van der Waals surface area (Å²) in [6.07, 6.45) is -0.434. The molecule has 0 unspecified atom stereocenters. The summed E-state index contributed by atoms with van der Waals surface area (Å²) >= 11 is 0. The summed E-state index contributed by atoms with van der Waals surface area (Å²) in [5.41, 5.74) is 0.569. The highest BCUT2D eigenvalue weighted by Gasteiger charge is 2.39. The molecule has 1 saturated heterocycles. The minimum absolute atomic E-state index is 0.0367. The van der Waals surface area contributed by atoms with Crippen molar-refractivity contribution in [3.63, 3.8) is 0 Å². The van der Waals surface area contributed by atoms with Gasteiger partial charge in [0.2, 0.25) is 5.91 Å². The van der Waals surface area contributed by atoms with Gasteiger partial charge in [-0.3, -0.25) is 9.69 Å². The summed E-state index contributed by atoms with van der Waals surface area (Å²) in [5, 5.41) is 0. The summed E-state index contributed by atoms with van der Waals surface area (Å²) in [7, 11) is 0. The van der Waals surface area contributed by atoms with Crippen LogP contribution >= 0.6 is 0 Å². The van der Waals surface area contributed by atoms with Gasteiger partial charge >= 0.3 is 6.09 Å². The molecule has 0 radical (unpaired) electrons. The molecule has 0 aliphatic carbocycles. The molecule has 1 aliphatic rings. The van der Waals surface area contributed by atoms with Gasteiger partial charge in [0.05, 0.1) is 5.54 Å². The Morgan fingerprint density at radius 1 is 1.29 bits per heavy atom. The maximum Gasteiger partial charge on any atom is 0.410 e. The molecule has 5 heteroatoms. The van der Waals surface area contributed by atoms with Crippen molar-refractivity contribution in [2.45, 2.75) is 32.9 Å². The molecule has 1 aromatic carbocycles. The van der Waals surface area contributed by atoms with Crippen LogP contribution in [0.5, 0.6) is 0 Å². The van der Waals surface area contributed by atoms with Crippen LogP contribution in [0.2, 0.25) is 0 Å². The summed E-state index contributed by atoms with van der Waals surface area (Å²) < 4.78 is 5.29. The molecule has 1 fully saturated rings. The smallest absolute Gasteiger partial charge is 0.410 e. The third-order valence-electron chi connectivity index (χ3n) is 3.72. The lowest BCUT2D eigenvalue weighted by Gasteiger charge is -2.45. The van der Waals surface area contributed by atoms with Gasteiger partial charge in [0, 0.05) is 13.1 Å². The molecule has 0 bridgehead atoms. The largest absolute Gasteiger partial charge is 0.445 e. The minimum Gasteiger partial charge on any atom is -0.445 e. The second-order valence-electron chi connectivity index (χ2n) is 5.85. The molecule has 5 nitrogen and oxygen atoms in total. The second-order valence-corrected chi connectivity index (χ2v) is 5.85. The van der Waals surface area contributed by atoms with E-state index in [4.69, 9.17) is 4.74 Å². The quantitative estimate of drug-likeness (QED) is 0.858. The van der Waals surface area contributed by atoms with Crippen LogP contribution in [0.3, 0.4) is 0 Å². The fraction of sp³-hybridized carbons (Fsp3) is 0.500. The van der Waals surface area contributed by atoms with Gasteiger partial charge in [0.15, 0.2) is 0 Å². The Bertz CT molecular complexity index is 514. The van der Waals surface area contributed by atoms with E-state index in [1.165, 1.54) is 4.90 Å². The van der Waals surface area contributed by atoms with Crippen molar-refractivity contribution < 1.29 is 14.3 Å². The molecular formula is C16H22N2O3. The number of amides is 2. The molecule has 2 amide bonds. The highest BCUT2D eigenvalue weighted by molar-refractivity contribution is 5.84. The van der Waals surface area contributed by atoms with Crippen LogP contribution in [-0.2, 0) is 16.1 Å². The Kier molecular flexibility index (Phi) is 4.50. The van der Waals surface area contributed by atoms with Gasteiger partial charge in [-0.05, 0) is 26.3 Å². The lowest BCUT2D eigenvalue weighted by molar-refractivity contribution is -0.143. The third-order valence-corrected chi connectivity index (χ3v) is 3.72. The Hall–Kier alpha value is -2.04. The average Bonchev–Trinajstić information content (AvgIpc) is 2.44. The highest BCUT2D eigenvalue weighted by atomic mass is 16.6. The molecule has 1 heterocycles. The van der Waals surface area contributed by atoms with Gasteiger partial charge < -0.3 is 9.64 Å². The molecule has 1 aliphatic heterocycles. The van der Waals surface area contributed by atoms with E-state index >= 15 is 0 Å². The third kappa shape index (κ3) is 3.54. The number of ether oxygens (including phenoxy) is 1. The summed E-state index contributed by atoms with van der Waals surface area (Å²) in [5.74, 6) is -0.0367. The lowest BCUT2D eigenvalue weighted by atomic mass is 9.99. The predicted octanol–water partition coefficient (Wildman–Crippen LogP) is 2.27. The standard InChI is InChI=1S/C16H22N2O3/c1-4-18-14(19)10-17(12-16(18,2)3)15(20)21-11-13-8-6-5-7-9-13/h5-9H,4,10-12H2,1-3H3. The molecule has 21 heavy (non-hydrogen) atoms. The zero-order chi connectivity index (χ0) is 15.5. The molecule has 2 rings (SSSR count). The second kappa shape index (κ2) is 6.16. The van der Waals surface area contributed by atoms with E-state index in [2.05, 4.69) is 0 Å². The molecule has 1 aromatic rings. The number of hydrogen-bond acceptors (Lipinski definition) is 3. The zero-order valence-electron chi connectivity index (χ0n) is 12.8. The number of benzene rings is 1. The first-order valence-electron chi connectivity index (χ1n) is 7.20. The van der Waals surface area contributed by atoms with Crippen LogP contribution in [0, 0.1) is 0 Å². The minimum atomic E-state index is -0.434. The maximum atomic E-state index is 12.1. The summed E-state index contributed by atoms with van der Waals surface area (Å²) in [6.45, 7) is 7.32. The van der Waals surface area contributed by atoms with Gasteiger partial charge in [0.1, 0.15) is 13.2 Å². The van der Waals surface area contributed by atoms with Gasteiger partial charge in [0.25, 0.3) is 0 Å². The summed E-state index contributed by atoms with van der Waals surface area (Å²) in [4.78, 5) is 27.5. The number of hydrogen-bond donors (Lipinski definition) is 0. The van der Waals surface area contributed by atoms with E-state index in [9.17, 15) is 9.59 Å². The van der Waals surface area contributed by atoms with E-state index in [0.29, 0.717) is 13.1 Å². The number of carbonyl (C=O) groups excluding carboxylic acids is 2. The van der Waals surface area contributed by atoms with Crippen molar-refractivity contribution >= 4 is 12.0 Å². The molecule has 0 saturated carbocycles. The van der Waals surface area contributed by atoms with Gasteiger partial charge in [-0.25, -0.2) is 4.79 Å². The first-order chi connectivity index (χ1) is 9.94. The van der Waals surface area contributed by atoms with Gasteiger partial charge in [-0.2, -0.15) is 0 Å². The van der Waals surface area contributed by atoms with Crippen LogP contribution in [0.25, 0.3) is 0 Å².